The van der Waals surface area contributed by atoms with Gasteiger partial charge in [-0.1, -0.05) is 12.1 Å². The van der Waals surface area contributed by atoms with Crippen molar-refractivity contribution in [1.29, 1.82) is 0 Å². The van der Waals surface area contributed by atoms with Crippen LogP contribution in [0.4, 0.5) is 0 Å². The van der Waals surface area contributed by atoms with E-state index in [0.717, 1.165) is 11.4 Å². The number of nitrogens with zero attached hydrogens (tertiary/aromatic N) is 1. The molecule has 2 rings (SSSR count). The van der Waals surface area contributed by atoms with Crippen molar-refractivity contribution >= 4 is 11.6 Å². The maximum absolute atomic E-state index is 5.73. The molecule has 0 aliphatic rings. The highest BCUT2D eigenvalue weighted by atomic mass is 35.5. The minimum Gasteiger partial charge on any atom is -0.439 e. The summed E-state index contributed by atoms with van der Waals surface area (Å²) in [4.78, 5) is 4.29. The zero-order valence-corrected chi connectivity index (χ0v) is 10.7. The van der Waals surface area contributed by atoms with Gasteiger partial charge >= 0.3 is 0 Å². The Bertz CT molecular complexity index is 505. The SMILES string of the molecule is Cc1cc(C)cc(Oc2cccc(CCl)n2)c1. The highest BCUT2D eigenvalue weighted by Crippen LogP contribution is 2.22. The number of hydrogen-bond acceptors (Lipinski definition) is 2. The van der Waals surface area contributed by atoms with Gasteiger partial charge in [0.15, 0.2) is 0 Å². The number of alkyl halides is 1. The predicted molar refractivity (Wildman–Crippen MR) is 69.8 cm³/mol. The number of benzene rings is 1. The van der Waals surface area contributed by atoms with Crippen molar-refractivity contribution in [3.05, 3.63) is 53.2 Å². The lowest BCUT2D eigenvalue weighted by atomic mass is 10.1. The topological polar surface area (TPSA) is 22.1 Å². The molecule has 0 amide bonds. The van der Waals surface area contributed by atoms with Crippen LogP contribution in [0.25, 0.3) is 0 Å². The Morgan fingerprint density at radius 3 is 2.47 bits per heavy atom. The first-order valence-electron chi connectivity index (χ1n) is 5.45. The summed E-state index contributed by atoms with van der Waals surface area (Å²) in [5, 5.41) is 0. The smallest absolute Gasteiger partial charge is 0.219 e. The van der Waals surface area contributed by atoms with Crippen LogP contribution in [0.2, 0.25) is 0 Å². The van der Waals surface area contributed by atoms with Crippen molar-refractivity contribution in [2.24, 2.45) is 0 Å². The molecule has 0 spiro atoms. The molecule has 0 N–H and O–H groups in total. The number of halogens is 1. The van der Waals surface area contributed by atoms with Crippen LogP contribution in [-0.4, -0.2) is 4.98 Å². The van der Waals surface area contributed by atoms with E-state index in [0.29, 0.717) is 11.8 Å². The molecule has 0 aliphatic carbocycles. The minimum absolute atomic E-state index is 0.393. The van der Waals surface area contributed by atoms with Crippen molar-refractivity contribution in [2.45, 2.75) is 19.7 Å². The molecular weight excluding hydrogens is 234 g/mol. The number of ether oxygens (including phenoxy) is 1. The zero-order chi connectivity index (χ0) is 12.3. The summed E-state index contributed by atoms with van der Waals surface area (Å²) in [5.74, 6) is 1.78. The van der Waals surface area contributed by atoms with E-state index in [4.69, 9.17) is 16.3 Å². The van der Waals surface area contributed by atoms with E-state index >= 15 is 0 Å². The predicted octanol–water partition coefficient (Wildman–Crippen LogP) is 4.23. The van der Waals surface area contributed by atoms with Gasteiger partial charge in [0.2, 0.25) is 5.88 Å². The Hall–Kier alpha value is -1.54. The molecule has 1 heterocycles. The number of aromatic nitrogens is 1. The van der Waals surface area contributed by atoms with Crippen LogP contribution in [0, 0.1) is 13.8 Å². The largest absolute Gasteiger partial charge is 0.439 e. The first kappa shape index (κ1) is 11.9. The molecule has 0 aliphatic heterocycles. The van der Waals surface area contributed by atoms with Crippen LogP contribution in [0.3, 0.4) is 0 Å². The van der Waals surface area contributed by atoms with Gasteiger partial charge in [0.25, 0.3) is 0 Å². The van der Waals surface area contributed by atoms with E-state index in [1.54, 1.807) is 0 Å². The van der Waals surface area contributed by atoms with Crippen molar-refractivity contribution < 1.29 is 4.74 Å². The lowest BCUT2D eigenvalue weighted by Gasteiger charge is -2.07. The van der Waals surface area contributed by atoms with E-state index in [1.165, 1.54) is 11.1 Å². The number of pyridine rings is 1. The molecular formula is C14H14ClNO. The van der Waals surface area contributed by atoms with E-state index in [1.807, 2.05) is 44.2 Å². The normalized spacial score (nSPS) is 10.3. The van der Waals surface area contributed by atoms with Gasteiger partial charge in [-0.05, 0) is 43.2 Å². The molecule has 2 aromatic rings. The molecule has 1 aromatic carbocycles. The fourth-order valence-corrected chi connectivity index (χ4v) is 1.85. The molecule has 1 aromatic heterocycles. The fraction of sp³-hybridized carbons (Fsp3) is 0.214. The molecule has 2 nitrogen and oxygen atoms in total. The summed E-state index contributed by atoms with van der Waals surface area (Å²) in [5.41, 5.74) is 3.16. The summed E-state index contributed by atoms with van der Waals surface area (Å²) >= 11 is 5.73. The minimum atomic E-state index is 0.393. The molecule has 0 radical (unpaired) electrons. The second-order valence-corrected chi connectivity index (χ2v) is 4.29. The summed E-state index contributed by atoms with van der Waals surface area (Å²) < 4.78 is 5.71. The summed E-state index contributed by atoms with van der Waals surface area (Å²) in [6, 6.07) is 11.7. The van der Waals surface area contributed by atoms with Gasteiger partial charge in [0.05, 0.1) is 11.6 Å². The third kappa shape index (κ3) is 3.21. The molecule has 3 heteroatoms. The monoisotopic (exact) mass is 247 g/mol. The van der Waals surface area contributed by atoms with Gasteiger partial charge in [-0.25, -0.2) is 4.98 Å². The van der Waals surface area contributed by atoms with Crippen LogP contribution in [0.1, 0.15) is 16.8 Å². The summed E-state index contributed by atoms with van der Waals surface area (Å²) in [6.45, 7) is 4.09. The number of aryl methyl sites for hydroxylation is 2. The van der Waals surface area contributed by atoms with Crippen LogP contribution in [0.5, 0.6) is 11.6 Å². The molecule has 0 saturated heterocycles. The van der Waals surface area contributed by atoms with E-state index < -0.39 is 0 Å². The lowest BCUT2D eigenvalue weighted by Crippen LogP contribution is -1.92. The summed E-state index contributed by atoms with van der Waals surface area (Å²) in [6.07, 6.45) is 0. The van der Waals surface area contributed by atoms with Crippen LogP contribution < -0.4 is 4.74 Å². The molecule has 0 unspecified atom stereocenters. The summed E-state index contributed by atoms with van der Waals surface area (Å²) in [7, 11) is 0. The first-order valence-corrected chi connectivity index (χ1v) is 5.99. The second kappa shape index (κ2) is 5.19. The second-order valence-electron chi connectivity index (χ2n) is 4.03. The van der Waals surface area contributed by atoms with E-state index in [9.17, 15) is 0 Å². The molecule has 88 valence electrons. The number of rotatable bonds is 3. The maximum Gasteiger partial charge on any atom is 0.219 e. The molecule has 0 atom stereocenters. The van der Waals surface area contributed by atoms with E-state index in [-0.39, 0.29) is 0 Å². The molecule has 0 fully saturated rings. The van der Waals surface area contributed by atoms with Gasteiger partial charge in [-0.15, -0.1) is 11.6 Å². The highest BCUT2D eigenvalue weighted by molar-refractivity contribution is 6.16. The van der Waals surface area contributed by atoms with Crippen LogP contribution >= 0.6 is 11.6 Å². The van der Waals surface area contributed by atoms with Crippen LogP contribution in [-0.2, 0) is 5.88 Å². The van der Waals surface area contributed by atoms with Crippen molar-refractivity contribution in [3.8, 4) is 11.6 Å². The first-order chi connectivity index (χ1) is 8.17. The Kier molecular flexibility index (Phi) is 3.64. The average molecular weight is 248 g/mol. The quantitative estimate of drug-likeness (QED) is 0.758. The van der Waals surface area contributed by atoms with Gasteiger partial charge in [-0.2, -0.15) is 0 Å². The average Bonchev–Trinajstić information content (AvgIpc) is 2.28. The third-order valence-corrected chi connectivity index (χ3v) is 2.61. The van der Waals surface area contributed by atoms with Crippen molar-refractivity contribution in [3.63, 3.8) is 0 Å². The Balaban J connectivity index is 2.24. The molecule has 0 bridgehead atoms. The molecule has 0 saturated carbocycles. The van der Waals surface area contributed by atoms with Gasteiger partial charge < -0.3 is 4.74 Å². The Labute approximate surface area is 106 Å². The fourth-order valence-electron chi connectivity index (χ4n) is 1.70. The third-order valence-electron chi connectivity index (χ3n) is 2.34. The molecule has 17 heavy (non-hydrogen) atoms. The number of hydrogen-bond donors (Lipinski definition) is 0. The zero-order valence-electron chi connectivity index (χ0n) is 9.90. The maximum atomic E-state index is 5.73. The lowest BCUT2D eigenvalue weighted by molar-refractivity contribution is 0.461. The highest BCUT2D eigenvalue weighted by Gasteiger charge is 2.01. The Morgan fingerprint density at radius 2 is 1.82 bits per heavy atom. The Morgan fingerprint density at radius 1 is 1.12 bits per heavy atom. The van der Waals surface area contributed by atoms with Crippen molar-refractivity contribution in [2.75, 3.05) is 0 Å². The van der Waals surface area contributed by atoms with Gasteiger partial charge in [0.1, 0.15) is 5.75 Å². The van der Waals surface area contributed by atoms with Crippen LogP contribution in [0.15, 0.2) is 36.4 Å². The van der Waals surface area contributed by atoms with E-state index in [2.05, 4.69) is 11.1 Å². The van der Waals surface area contributed by atoms with Gasteiger partial charge in [-0.3, -0.25) is 0 Å². The standard InChI is InChI=1S/C14H14ClNO/c1-10-6-11(2)8-13(7-10)17-14-5-3-4-12(9-15)16-14/h3-8H,9H2,1-2H3. The van der Waals surface area contributed by atoms with Gasteiger partial charge in [0, 0.05) is 6.07 Å². The van der Waals surface area contributed by atoms with Crippen molar-refractivity contribution in [1.82, 2.24) is 4.98 Å².